The molecule has 1 fully saturated rings. The van der Waals surface area contributed by atoms with Crippen LogP contribution in [0.4, 0.5) is 11.6 Å². The molecule has 1 saturated heterocycles. The average molecular weight is 277 g/mol. The molecular weight excluding hydrogens is 254 g/mol. The van der Waals surface area contributed by atoms with Gasteiger partial charge in [-0.1, -0.05) is 0 Å². The molecule has 0 spiro atoms. The van der Waals surface area contributed by atoms with Crippen LogP contribution in [0.15, 0.2) is 12.4 Å². The predicted molar refractivity (Wildman–Crippen MR) is 80.0 cm³/mol. The van der Waals surface area contributed by atoms with Crippen molar-refractivity contribution in [2.75, 3.05) is 51.1 Å². The molecule has 2 rings (SSSR count). The fraction of sp³-hybridized carbons (Fsp3) is 0.643. The molecule has 6 heteroatoms. The van der Waals surface area contributed by atoms with Gasteiger partial charge in [0.15, 0.2) is 0 Å². The van der Waals surface area contributed by atoms with Crippen LogP contribution in [-0.2, 0) is 4.79 Å². The Morgan fingerprint density at radius 3 is 2.70 bits per heavy atom. The molecule has 1 aromatic rings. The molecule has 0 aliphatic carbocycles. The Hall–Kier alpha value is -1.85. The first kappa shape index (κ1) is 14.6. The summed E-state index contributed by atoms with van der Waals surface area (Å²) < 4.78 is 0. The van der Waals surface area contributed by atoms with Crippen LogP contribution in [0, 0.1) is 5.92 Å². The van der Waals surface area contributed by atoms with Gasteiger partial charge in [0, 0.05) is 47.3 Å². The van der Waals surface area contributed by atoms with Gasteiger partial charge in [-0.15, -0.1) is 0 Å². The van der Waals surface area contributed by atoms with Gasteiger partial charge in [-0.3, -0.25) is 4.79 Å². The number of aromatic nitrogens is 2. The number of carbonyl (C=O) groups excluding carboxylic acids is 1. The standard InChI is InChI=1S/C14H23N5O/c1-17(2)12-8-13(16-10-15-12)19-7-5-6-11(9-19)14(20)18(3)4/h8,10-11H,5-7,9H2,1-4H3. The van der Waals surface area contributed by atoms with E-state index in [4.69, 9.17) is 0 Å². The lowest BCUT2D eigenvalue weighted by atomic mass is 9.97. The molecular formula is C14H23N5O. The number of piperidine rings is 1. The highest BCUT2D eigenvalue weighted by molar-refractivity contribution is 5.79. The Bertz CT molecular complexity index is 474. The molecule has 1 amide bonds. The Kier molecular flexibility index (Phi) is 4.42. The van der Waals surface area contributed by atoms with Crippen molar-refractivity contribution in [2.45, 2.75) is 12.8 Å². The summed E-state index contributed by atoms with van der Waals surface area (Å²) in [6.45, 7) is 1.68. The zero-order chi connectivity index (χ0) is 14.7. The molecule has 110 valence electrons. The quantitative estimate of drug-likeness (QED) is 0.820. The Balaban J connectivity index is 2.12. The highest BCUT2D eigenvalue weighted by Crippen LogP contribution is 2.24. The summed E-state index contributed by atoms with van der Waals surface area (Å²) in [6.07, 6.45) is 3.56. The summed E-state index contributed by atoms with van der Waals surface area (Å²) in [7, 11) is 7.55. The lowest BCUT2D eigenvalue weighted by molar-refractivity contribution is -0.133. The second kappa shape index (κ2) is 6.07. The van der Waals surface area contributed by atoms with Gasteiger partial charge in [-0.05, 0) is 12.8 Å². The van der Waals surface area contributed by atoms with E-state index in [1.165, 1.54) is 0 Å². The van der Waals surface area contributed by atoms with Crippen LogP contribution < -0.4 is 9.80 Å². The summed E-state index contributed by atoms with van der Waals surface area (Å²) in [5.74, 6) is 2.06. The van der Waals surface area contributed by atoms with Crippen molar-refractivity contribution in [3.63, 3.8) is 0 Å². The summed E-state index contributed by atoms with van der Waals surface area (Å²) in [5, 5.41) is 0. The van der Waals surface area contributed by atoms with Crippen LogP contribution in [0.2, 0.25) is 0 Å². The van der Waals surface area contributed by atoms with E-state index in [0.717, 1.165) is 37.6 Å². The Labute approximate surface area is 120 Å². The van der Waals surface area contributed by atoms with Crippen molar-refractivity contribution >= 4 is 17.5 Å². The topological polar surface area (TPSA) is 52.6 Å². The van der Waals surface area contributed by atoms with Crippen molar-refractivity contribution in [3.8, 4) is 0 Å². The minimum Gasteiger partial charge on any atom is -0.363 e. The van der Waals surface area contributed by atoms with Crippen LogP contribution in [-0.4, -0.2) is 62.1 Å². The maximum Gasteiger partial charge on any atom is 0.226 e. The minimum absolute atomic E-state index is 0.0662. The highest BCUT2D eigenvalue weighted by Gasteiger charge is 2.27. The van der Waals surface area contributed by atoms with Crippen molar-refractivity contribution in [1.82, 2.24) is 14.9 Å². The molecule has 0 N–H and O–H groups in total. The second-order valence-electron chi connectivity index (χ2n) is 5.65. The van der Waals surface area contributed by atoms with Gasteiger partial charge in [-0.25, -0.2) is 9.97 Å². The zero-order valence-corrected chi connectivity index (χ0v) is 12.7. The first-order valence-corrected chi connectivity index (χ1v) is 6.94. The van der Waals surface area contributed by atoms with Crippen molar-refractivity contribution < 1.29 is 4.79 Å². The largest absolute Gasteiger partial charge is 0.363 e. The predicted octanol–water partition coefficient (Wildman–Crippen LogP) is 0.847. The number of anilines is 2. The molecule has 0 aromatic carbocycles. The van der Waals surface area contributed by atoms with Crippen LogP contribution >= 0.6 is 0 Å². The van der Waals surface area contributed by atoms with Gasteiger partial charge < -0.3 is 14.7 Å². The van der Waals surface area contributed by atoms with Crippen LogP contribution in [0.3, 0.4) is 0 Å². The van der Waals surface area contributed by atoms with Gasteiger partial charge in [0.05, 0.1) is 5.92 Å². The highest BCUT2D eigenvalue weighted by atomic mass is 16.2. The van der Waals surface area contributed by atoms with Gasteiger partial charge in [0.2, 0.25) is 5.91 Å². The molecule has 0 radical (unpaired) electrons. The molecule has 6 nitrogen and oxygen atoms in total. The molecule has 1 aliphatic rings. The van der Waals surface area contributed by atoms with Gasteiger partial charge in [0.1, 0.15) is 18.0 Å². The van der Waals surface area contributed by atoms with E-state index in [-0.39, 0.29) is 11.8 Å². The average Bonchev–Trinajstić information content (AvgIpc) is 2.46. The van der Waals surface area contributed by atoms with Gasteiger partial charge >= 0.3 is 0 Å². The number of hydrogen-bond acceptors (Lipinski definition) is 5. The fourth-order valence-corrected chi connectivity index (χ4v) is 2.51. The number of rotatable bonds is 3. The molecule has 2 heterocycles. The normalized spacial score (nSPS) is 18.8. The smallest absolute Gasteiger partial charge is 0.226 e. The summed E-state index contributed by atoms with van der Waals surface area (Å²) >= 11 is 0. The second-order valence-corrected chi connectivity index (χ2v) is 5.65. The van der Waals surface area contributed by atoms with Gasteiger partial charge in [-0.2, -0.15) is 0 Å². The van der Waals surface area contributed by atoms with Crippen molar-refractivity contribution in [2.24, 2.45) is 5.92 Å². The fourth-order valence-electron chi connectivity index (χ4n) is 2.51. The lowest BCUT2D eigenvalue weighted by Gasteiger charge is -2.34. The van der Waals surface area contributed by atoms with Crippen LogP contribution in [0.25, 0.3) is 0 Å². The SMILES string of the molecule is CN(C)C(=O)C1CCCN(c2cc(N(C)C)ncn2)C1. The molecule has 0 bridgehead atoms. The molecule has 1 aliphatic heterocycles. The van der Waals surface area contributed by atoms with Crippen LogP contribution in [0.5, 0.6) is 0 Å². The van der Waals surface area contributed by atoms with Crippen molar-refractivity contribution in [3.05, 3.63) is 12.4 Å². The first-order chi connectivity index (χ1) is 9.49. The Morgan fingerprint density at radius 2 is 2.05 bits per heavy atom. The van der Waals surface area contributed by atoms with E-state index in [0.29, 0.717) is 0 Å². The Morgan fingerprint density at radius 1 is 1.30 bits per heavy atom. The zero-order valence-electron chi connectivity index (χ0n) is 12.7. The number of amides is 1. The van der Waals surface area contributed by atoms with E-state index in [1.54, 1.807) is 11.2 Å². The molecule has 1 unspecified atom stereocenters. The third kappa shape index (κ3) is 3.18. The third-order valence-electron chi connectivity index (χ3n) is 3.63. The summed E-state index contributed by atoms with van der Waals surface area (Å²) in [5.41, 5.74) is 0. The number of nitrogens with zero attached hydrogens (tertiary/aromatic N) is 5. The minimum atomic E-state index is 0.0662. The van der Waals surface area contributed by atoms with E-state index in [9.17, 15) is 4.79 Å². The van der Waals surface area contributed by atoms with Crippen molar-refractivity contribution in [1.29, 1.82) is 0 Å². The molecule has 20 heavy (non-hydrogen) atoms. The van der Waals surface area contributed by atoms with Gasteiger partial charge in [0.25, 0.3) is 0 Å². The van der Waals surface area contributed by atoms with E-state index >= 15 is 0 Å². The molecule has 0 saturated carbocycles. The maximum atomic E-state index is 12.1. The number of carbonyl (C=O) groups is 1. The summed E-state index contributed by atoms with van der Waals surface area (Å²) in [6, 6.07) is 1.97. The van der Waals surface area contributed by atoms with E-state index < -0.39 is 0 Å². The molecule has 1 aromatic heterocycles. The van der Waals surface area contributed by atoms with E-state index in [1.807, 2.05) is 39.2 Å². The number of hydrogen-bond donors (Lipinski definition) is 0. The monoisotopic (exact) mass is 277 g/mol. The lowest BCUT2D eigenvalue weighted by Crippen LogP contribution is -2.43. The maximum absolute atomic E-state index is 12.1. The van der Waals surface area contributed by atoms with E-state index in [2.05, 4.69) is 14.9 Å². The third-order valence-corrected chi connectivity index (χ3v) is 3.63. The summed E-state index contributed by atoms with van der Waals surface area (Å²) in [4.78, 5) is 26.5. The molecule has 1 atom stereocenters. The first-order valence-electron chi connectivity index (χ1n) is 6.94. The van der Waals surface area contributed by atoms with Crippen LogP contribution in [0.1, 0.15) is 12.8 Å².